The molecule has 6 heteroatoms. The fourth-order valence-corrected chi connectivity index (χ4v) is 3.18. The number of aryl methyl sites for hydroxylation is 2. The fourth-order valence-electron chi connectivity index (χ4n) is 1.90. The Bertz CT molecular complexity index is 506. The first kappa shape index (κ1) is 13.7. The lowest BCUT2D eigenvalue weighted by atomic mass is 10.2. The second kappa shape index (κ2) is 5.95. The molecule has 0 aliphatic rings. The zero-order valence-electron chi connectivity index (χ0n) is 10.8. The van der Waals surface area contributed by atoms with Crippen LogP contribution in [-0.2, 0) is 13.6 Å². The van der Waals surface area contributed by atoms with Crippen LogP contribution in [-0.4, -0.2) is 14.8 Å². The monoisotopic (exact) mass is 328 g/mol. The first-order valence-electron chi connectivity index (χ1n) is 5.94. The molecule has 0 aliphatic heterocycles. The van der Waals surface area contributed by atoms with Crippen molar-refractivity contribution >= 4 is 27.3 Å². The number of nitrogens with one attached hydrogen (secondary N) is 1. The summed E-state index contributed by atoms with van der Waals surface area (Å²) in [5, 5.41) is 11.1. The van der Waals surface area contributed by atoms with Crippen molar-refractivity contribution in [1.82, 2.24) is 20.1 Å². The van der Waals surface area contributed by atoms with Crippen LogP contribution in [0.3, 0.4) is 0 Å². The van der Waals surface area contributed by atoms with Gasteiger partial charge >= 0.3 is 0 Å². The van der Waals surface area contributed by atoms with Crippen molar-refractivity contribution in [3.05, 3.63) is 32.4 Å². The molecule has 4 nitrogen and oxygen atoms in total. The van der Waals surface area contributed by atoms with Crippen LogP contribution in [0.1, 0.15) is 35.8 Å². The maximum atomic E-state index is 4.39. The average molecular weight is 329 g/mol. The van der Waals surface area contributed by atoms with Gasteiger partial charge in [-0.25, -0.2) is 4.98 Å². The number of halogens is 1. The standard InChI is InChI=1S/C12H17BrN4S/c1-4-9(12-14-5-6-18-12)15-7-10-11(13)8(2)16-17(10)3/h5-6,9,15H,4,7H2,1-3H3. The Morgan fingerprint density at radius 3 is 2.83 bits per heavy atom. The quantitative estimate of drug-likeness (QED) is 0.916. The third-order valence-electron chi connectivity index (χ3n) is 2.94. The van der Waals surface area contributed by atoms with Crippen LogP contribution in [0.5, 0.6) is 0 Å². The van der Waals surface area contributed by atoms with Crippen LogP contribution in [0, 0.1) is 6.92 Å². The second-order valence-corrected chi connectivity index (χ2v) is 5.90. The highest BCUT2D eigenvalue weighted by atomic mass is 79.9. The molecule has 1 N–H and O–H groups in total. The number of thiazole rings is 1. The number of hydrogen-bond donors (Lipinski definition) is 1. The van der Waals surface area contributed by atoms with Gasteiger partial charge in [-0.05, 0) is 29.3 Å². The number of aromatic nitrogens is 3. The summed E-state index contributed by atoms with van der Waals surface area (Å²) in [4.78, 5) is 4.37. The van der Waals surface area contributed by atoms with E-state index < -0.39 is 0 Å². The van der Waals surface area contributed by atoms with E-state index in [4.69, 9.17) is 0 Å². The van der Waals surface area contributed by atoms with Gasteiger partial charge in [-0.1, -0.05) is 6.92 Å². The highest BCUT2D eigenvalue weighted by Crippen LogP contribution is 2.23. The predicted molar refractivity (Wildman–Crippen MR) is 77.6 cm³/mol. The Balaban J connectivity index is 2.06. The van der Waals surface area contributed by atoms with E-state index in [1.807, 2.05) is 30.2 Å². The molecule has 2 heterocycles. The first-order chi connectivity index (χ1) is 8.63. The lowest BCUT2D eigenvalue weighted by molar-refractivity contribution is 0.500. The summed E-state index contributed by atoms with van der Waals surface area (Å²) in [5.41, 5.74) is 2.19. The van der Waals surface area contributed by atoms with E-state index in [2.05, 4.69) is 38.3 Å². The van der Waals surface area contributed by atoms with Crippen molar-refractivity contribution < 1.29 is 0 Å². The molecular formula is C12H17BrN4S. The summed E-state index contributed by atoms with van der Waals surface area (Å²) in [6.45, 7) is 4.96. The summed E-state index contributed by atoms with van der Waals surface area (Å²) in [6, 6.07) is 0.312. The summed E-state index contributed by atoms with van der Waals surface area (Å²) in [6.07, 6.45) is 2.89. The summed E-state index contributed by atoms with van der Waals surface area (Å²) in [5.74, 6) is 0. The summed E-state index contributed by atoms with van der Waals surface area (Å²) in [7, 11) is 1.97. The van der Waals surface area contributed by atoms with E-state index in [9.17, 15) is 0 Å². The van der Waals surface area contributed by atoms with Crippen LogP contribution in [0.25, 0.3) is 0 Å². The van der Waals surface area contributed by atoms with Gasteiger partial charge in [0.2, 0.25) is 0 Å². The van der Waals surface area contributed by atoms with Crippen molar-refractivity contribution in [3.63, 3.8) is 0 Å². The van der Waals surface area contributed by atoms with Gasteiger partial charge in [-0.3, -0.25) is 4.68 Å². The van der Waals surface area contributed by atoms with E-state index in [-0.39, 0.29) is 0 Å². The average Bonchev–Trinajstić information content (AvgIpc) is 2.94. The molecule has 98 valence electrons. The van der Waals surface area contributed by atoms with E-state index in [1.54, 1.807) is 11.3 Å². The van der Waals surface area contributed by atoms with Crippen molar-refractivity contribution in [2.24, 2.45) is 7.05 Å². The normalized spacial score (nSPS) is 12.9. The van der Waals surface area contributed by atoms with Gasteiger partial charge in [-0.2, -0.15) is 5.10 Å². The van der Waals surface area contributed by atoms with Crippen LogP contribution in [0.15, 0.2) is 16.0 Å². The molecular weight excluding hydrogens is 312 g/mol. The van der Waals surface area contributed by atoms with Gasteiger partial charge in [0.25, 0.3) is 0 Å². The van der Waals surface area contributed by atoms with Gasteiger partial charge < -0.3 is 5.32 Å². The van der Waals surface area contributed by atoms with Crippen molar-refractivity contribution in [1.29, 1.82) is 0 Å². The molecule has 0 aromatic carbocycles. The molecule has 2 aromatic heterocycles. The molecule has 0 saturated carbocycles. The highest BCUT2D eigenvalue weighted by molar-refractivity contribution is 9.10. The van der Waals surface area contributed by atoms with Crippen molar-refractivity contribution in [2.45, 2.75) is 32.9 Å². The largest absolute Gasteiger partial charge is 0.302 e. The number of rotatable bonds is 5. The van der Waals surface area contributed by atoms with E-state index >= 15 is 0 Å². The molecule has 0 fully saturated rings. The SMILES string of the molecule is CCC(NCc1c(Br)c(C)nn1C)c1nccs1. The zero-order valence-corrected chi connectivity index (χ0v) is 13.2. The predicted octanol–water partition coefficient (Wildman–Crippen LogP) is 3.19. The van der Waals surface area contributed by atoms with Crippen LogP contribution < -0.4 is 5.32 Å². The summed E-state index contributed by atoms with van der Waals surface area (Å²) >= 11 is 5.28. The van der Waals surface area contributed by atoms with Gasteiger partial charge in [0.1, 0.15) is 5.01 Å². The lowest BCUT2D eigenvalue weighted by Crippen LogP contribution is -2.21. The van der Waals surface area contributed by atoms with Gasteiger partial charge in [0.05, 0.1) is 21.9 Å². The third kappa shape index (κ3) is 2.81. The molecule has 18 heavy (non-hydrogen) atoms. The van der Waals surface area contributed by atoms with Gasteiger partial charge in [-0.15, -0.1) is 11.3 Å². The maximum Gasteiger partial charge on any atom is 0.109 e. The number of hydrogen-bond acceptors (Lipinski definition) is 4. The fraction of sp³-hybridized carbons (Fsp3) is 0.500. The minimum absolute atomic E-state index is 0.312. The smallest absolute Gasteiger partial charge is 0.109 e. The van der Waals surface area contributed by atoms with Crippen LogP contribution in [0.4, 0.5) is 0 Å². The van der Waals surface area contributed by atoms with Crippen LogP contribution in [0.2, 0.25) is 0 Å². The highest BCUT2D eigenvalue weighted by Gasteiger charge is 2.15. The molecule has 1 atom stereocenters. The number of nitrogens with zero attached hydrogens (tertiary/aromatic N) is 3. The Hall–Kier alpha value is -0.720. The van der Waals surface area contributed by atoms with E-state index in [0.717, 1.165) is 28.1 Å². The van der Waals surface area contributed by atoms with Crippen LogP contribution >= 0.6 is 27.3 Å². The van der Waals surface area contributed by atoms with Crippen molar-refractivity contribution in [2.75, 3.05) is 0 Å². The minimum atomic E-state index is 0.312. The molecule has 2 rings (SSSR count). The molecule has 1 unspecified atom stereocenters. The zero-order chi connectivity index (χ0) is 13.1. The summed E-state index contributed by atoms with van der Waals surface area (Å²) < 4.78 is 3.01. The Labute approximate surface area is 120 Å². The van der Waals surface area contributed by atoms with Crippen molar-refractivity contribution in [3.8, 4) is 0 Å². The Morgan fingerprint density at radius 1 is 1.56 bits per heavy atom. The third-order valence-corrected chi connectivity index (χ3v) is 4.86. The molecule has 0 radical (unpaired) electrons. The molecule has 0 aliphatic carbocycles. The Kier molecular flexibility index (Phi) is 4.53. The Morgan fingerprint density at radius 2 is 2.33 bits per heavy atom. The first-order valence-corrected chi connectivity index (χ1v) is 7.61. The minimum Gasteiger partial charge on any atom is -0.302 e. The van der Waals surface area contributed by atoms with E-state index in [1.165, 1.54) is 5.69 Å². The molecule has 0 amide bonds. The molecule has 0 spiro atoms. The lowest BCUT2D eigenvalue weighted by Gasteiger charge is -2.14. The van der Waals surface area contributed by atoms with E-state index in [0.29, 0.717) is 6.04 Å². The van der Waals surface area contributed by atoms with Gasteiger partial charge in [0.15, 0.2) is 0 Å². The van der Waals surface area contributed by atoms with Gasteiger partial charge in [0, 0.05) is 25.2 Å². The molecule has 2 aromatic rings. The molecule has 0 saturated heterocycles. The molecule has 0 bridgehead atoms. The topological polar surface area (TPSA) is 42.7 Å². The second-order valence-electron chi connectivity index (χ2n) is 4.18. The maximum absolute atomic E-state index is 4.39.